The molecule has 0 rings (SSSR count). The molecule has 0 atom stereocenters. The number of allylic oxidation sites excluding steroid dienone is 2. The van der Waals surface area contributed by atoms with E-state index in [0.717, 1.165) is 5.57 Å². The Morgan fingerprint density at radius 1 is 1.78 bits per heavy atom. The van der Waals surface area contributed by atoms with Gasteiger partial charge in [0.15, 0.2) is 0 Å². The molecule has 0 saturated carbocycles. The number of nitrogens with zero attached hydrogens (tertiary/aromatic N) is 1. The highest BCUT2D eigenvalue weighted by Crippen LogP contribution is 2.04. The molecule has 0 aromatic rings. The summed E-state index contributed by atoms with van der Waals surface area (Å²) < 4.78 is 4.79. The number of ether oxygens (including phenoxy) is 1. The van der Waals surface area contributed by atoms with Crippen molar-refractivity contribution in [2.75, 3.05) is 7.11 Å². The fraction of sp³-hybridized carbons (Fsp3) is 0.286. The monoisotopic (exact) mass is 123 g/mol. The Hall–Kier alpha value is -1.23. The molecule has 0 fully saturated rings. The normalized spacial score (nSPS) is 10.1. The second-order valence-electron chi connectivity index (χ2n) is 1.62. The molecule has 0 aromatic heterocycles. The maximum Gasteiger partial charge on any atom is 0.131 e. The summed E-state index contributed by atoms with van der Waals surface area (Å²) >= 11 is 0. The highest BCUT2D eigenvalue weighted by molar-refractivity contribution is 5.25. The van der Waals surface area contributed by atoms with Crippen LogP contribution in [0.25, 0.3) is 0 Å². The zero-order chi connectivity index (χ0) is 7.28. The molecule has 0 unspecified atom stereocenters. The first-order valence-electron chi connectivity index (χ1n) is 2.52. The molecule has 9 heavy (non-hydrogen) atoms. The number of hydrogen-bond donors (Lipinski definition) is 0. The minimum atomic E-state index is 0.539. The molecule has 0 aliphatic rings. The first-order valence-corrected chi connectivity index (χ1v) is 2.52. The summed E-state index contributed by atoms with van der Waals surface area (Å²) in [5.41, 5.74) is 0.763. The van der Waals surface area contributed by atoms with E-state index in [-0.39, 0.29) is 0 Å². The third kappa shape index (κ3) is 2.55. The Kier molecular flexibility index (Phi) is 3.22. The maximum atomic E-state index is 8.17. The molecular formula is C7H9NO. The van der Waals surface area contributed by atoms with E-state index in [1.807, 2.05) is 6.07 Å². The van der Waals surface area contributed by atoms with Crippen LogP contribution in [0.3, 0.4) is 0 Å². The van der Waals surface area contributed by atoms with Gasteiger partial charge in [0.25, 0.3) is 0 Å². The molecular weight excluding hydrogens is 114 g/mol. The molecule has 0 heterocycles. The van der Waals surface area contributed by atoms with Crippen LogP contribution < -0.4 is 0 Å². The van der Waals surface area contributed by atoms with Gasteiger partial charge in [-0.3, -0.25) is 0 Å². The van der Waals surface area contributed by atoms with Crippen LogP contribution in [-0.4, -0.2) is 7.11 Å². The van der Waals surface area contributed by atoms with E-state index in [2.05, 4.69) is 6.58 Å². The summed E-state index contributed by atoms with van der Waals surface area (Å²) in [4.78, 5) is 0. The summed E-state index contributed by atoms with van der Waals surface area (Å²) in [5.74, 6) is 0.539. The lowest BCUT2D eigenvalue weighted by atomic mass is 10.3. The fourth-order valence-corrected chi connectivity index (χ4v) is 0.415. The SMILES string of the molecule is C=C(C)/C(=C/C#N)OC. The van der Waals surface area contributed by atoms with Gasteiger partial charge in [-0.1, -0.05) is 6.58 Å². The first-order chi connectivity index (χ1) is 4.22. The first kappa shape index (κ1) is 7.77. The Bertz CT molecular complexity index is 174. The number of methoxy groups -OCH3 is 1. The standard InChI is InChI=1S/C7H9NO/c1-6(2)7(9-3)4-5-8/h4H,1H2,2-3H3/b7-4-. The molecule has 2 nitrogen and oxygen atoms in total. The van der Waals surface area contributed by atoms with Crippen molar-refractivity contribution >= 4 is 0 Å². The van der Waals surface area contributed by atoms with Gasteiger partial charge in [0.2, 0.25) is 0 Å². The molecule has 0 saturated heterocycles. The van der Waals surface area contributed by atoms with E-state index < -0.39 is 0 Å². The minimum absolute atomic E-state index is 0.539. The van der Waals surface area contributed by atoms with E-state index in [1.165, 1.54) is 13.2 Å². The molecule has 48 valence electrons. The minimum Gasteiger partial charge on any atom is -0.496 e. The fourth-order valence-electron chi connectivity index (χ4n) is 0.415. The number of nitriles is 1. The van der Waals surface area contributed by atoms with Gasteiger partial charge in [-0.15, -0.1) is 0 Å². The topological polar surface area (TPSA) is 33.0 Å². The van der Waals surface area contributed by atoms with Crippen molar-refractivity contribution < 1.29 is 4.74 Å². The average Bonchev–Trinajstić information content (AvgIpc) is 1.82. The summed E-state index contributed by atoms with van der Waals surface area (Å²) in [6.45, 7) is 5.38. The van der Waals surface area contributed by atoms with Crippen LogP contribution in [0, 0.1) is 11.3 Å². The zero-order valence-electron chi connectivity index (χ0n) is 5.64. The van der Waals surface area contributed by atoms with Gasteiger partial charge >= 0.3 is 0 Å². The van der Waals surface area contributed by atoms with Crippen LogP contribution in [-0.2, 0) is 4.74 Å². The summed E-state index contributed by atoms with van der Waals surface area (Å²) in [5, 5.41) is 8.17. The smallest absolute Gasteiger partial charge is 0.131 e. The molecule has 0 amide bonds. The molecule has 0 aliphatic heterocycles. The molecule has 0 bridgehead atoms. The average molecular weight is 123 g/mol. The Morgan fingerprint density at radius 3 is 2.44 bits per heavy atom. The number of hydrogen-bond acceptors (Lipinski definition) is 2. The third-order valence-corrected chi connectivity index (χ3v) is 0.836. The van der Waals surface area contributed by atoms with E-state index >= 15 is 0 Å². The van der Waals surface area contributed by atoms with Gasteiger partial charge in [-0.2, -0.15) is 5.26 Å². The van der Waals surface area contributed by atoms with Crippen molar-refractivity contribution in [2.45, 2.75) is 6.92 Å². The summed E-state index contributed by atoms with van der Waals surface area (Å²) in [7, 11) is 1.51. The van der Waals surface area contributed by atoms with Crippen molar-refractivity contribution in [3.05, 3.63) is 24.0 Å². The zero-order valence-corrected chi connectivity index (χ0v) is 5.64. The third-order valence-electron chi connectivity index (χ3n) is 0.836. The van der Waals surface area contributed by atoms with Crippen LogP contribution in [0.5, 0.6) is 0 Å². The molecule has 0 radical (unpaired) electrons. The largest absolute Gasteiger partial charge is 0.496 e. The molecule has 0 N–H and O–H groups in total. The lowest BCUT2D eigenvalue weighted by Gasteiger charge is -2.00. The van der Waals surface area contributed by atoms with Gasteiger partial charge in [-0.05, 0) is 12.5 Å². The van der Waals surface area contributed by atoms with Crippen molar-refractivity contribution in [1.82, 2.24) is 0 Å². The maximum absolute atomic E-state index is 8.17. The Balaban J connectivity index is 4.20. The Labute approximate surface area is 55.1 Å². The lowest BCUT2D eigenvalue weighted by molar-refractivity contribution is 0.301. The quantitative estimate of drug-likeness (QED) is 0.317. The van der Waals surface area contributed by atoms with Gasteiger partial charge in [0.1, 0.15) is 5.76 Å². The van der Waals surface area contributed by atoms with Crippen molar-refractivity contribution in [2.24, 2.45) is 0 Å². The predicted octanol–water partition coefficient (Wildman–Crippen LogP) is 1.62. The van der Waals surface area contributed by atoms with Crippen LogP contribution in [0.4, 0.5) is 0 Å². The van der Waals surface area contributed by atoms with E-state index in [0.29, 0.717) is 5.76 Å². The van der Waals surface area contributed by atoms with Gasteiger partial charge < -0.3 is 4.74 Å². The van der Waals surface area contributed by atoms with Crippen LogP contribution in [0.15, 0.2) is 24.0 Å². The number of rotatable bonds is 2. The highest BCUT2D eigenvalue weighted by Gasteiger charge is 1.92. The van der Waals surface area contributed by atoms with E-state index in [4.69, 9.17) is 10.00 Å². The molecule has 0 aromatic carbocycles. The van der Waals surface area contributed by atoms with Crippen molar-refractivity contribution in [1.29, 1.82) is 5.26 Å². The second kappa shape index (κ2) is 3.73. The van der Waals surface area contributed by atoms with Crippen molar-refractivity contribution in [3.63, 3.8) is 0 Å². The highest BCUT2D eigenvalue weighted by atomic mass is 16.5. The van der Waals surface area contributed by atoms with Crippen LogP contribution >= 0.6 is 0 Å². The summed E-state index contributed by atoms with van der Waals surface area (Å²) in [6.07, 6.45) is 1.32. The predicted molar refractivity (Wildman–Crippen MR) is 35.5 cm³/mol. The van der Waals surface area contributed by atoms with Crippen LogP contribution in [0.2, 0.25) is 0 Å². The van der Waals surface area contributed by atoms with Gasteiger partial charge in [-0.25, -0.2) is 0 Å². The molecule has 0 spiro atoms. The Morgan fingerprint density at radius 2 is 2.33 bits per heavy atom. The van der Waals surface area contributed by atoms with E-state index in [9.17, 15) is 0 Å². The van der Waals surface area contributed by atoms with Gasteiger partial charge in [0, 0.05) is 0 Å². The summed E-state index contributed by atoms with van der Waals surface area (Å²) in [6, 6.07) is 1.85. The van der Waals surface area contributed by atoms with E-state index in [1.54, 1.807) is 6.92 Å². The van der Waals surface area contributed by atoms with Crippen LogP contribution in [0.1, 0.15) is 6.92 Å². The molecule has 0 aliphatic carbocycles. The van der Waals surface area contributed by atoms with Gasteiger partial charge in [0.05, 0.1) is 19.3 Å². The molecule has 2 heteroatoms. The second-order valence-corrected chi connectivity index (χ2v) is 1.62. The lowest BCUT2D eigenvalue weighted by Crippen LogP contribution is -1.85. The van der Waals surface area contributed by atoms with Crippen molar-refractivity contribution in [3.8, 4) is 6.07 Å².